The van der Waals surface area contributed by atoms with Crippen molar-refractivity contribution in [3.63, 3.8) is 0 Å². The van der Waals surface area contributed by atoms with Gasteiger partial charge >= 0.3 is 6.18 Å². The fourth-order valence-electron chi connectivity index (χ4n) is 4.60. The number of piperidine rings is 1. The van der Waals surface area contributed by atoms with Crippen molar-refractivity contribution in [2.45, 2.75) is 24.9 Å². The maximum absolute atomic E-state index is 13.2. The molecule has 0 saturated carbocycles. The molecule has 0 N–H and O–H groups in total. The Kier molecular flexibility index (Phi) is 5.91. The van der Waals surface area contributed by atoms with E-state index in [1.165, 1.54) is 16.5 Å². The highest BCUT2D eigenvalue weighted by atomic mass is 19.4. The molecule has 0 unspecified atom stereocenters. The number of ketones is 1. The van der Waals surface area contributed by atoms with Crippen LogP contribution in [0.4, 0.5) is 24.5 Å². The summed E-state index contributed by atoms with van der Waals surface area (Å²) >= 11 is 0. The molecule has 11 heteroatoms. The van der Waals surface area contributed by atoms with E-state index in [9.17, 15) is 28.1 Å². The second-order valence-corrected chi connectivity index (χ2v) is 8.64. The Labute approximate surface area is 203 Å². The summed E-state index contributed by atoms with van der Waals surface area (Å²) in [5, 5.41) is 20.1. The third-order valence-corrected chi connectivity index (χ3v) is 6.35. The first-order valence-electron chi connectivity index (χ1n) is 11.3. The van der Waals surface area contributed by atoms with Gasteiger partial charge in [-0.25, -0.2) is 0 Å². The van der Waals surface area contributed by atoms with Gasteiger partial charge in [0.25, 0.3) is 5.69 Å². The molecule has 5 rings (SSSR count). The molecule has 0 spiro atoms. The lowest BCUT2D eigenvalue weighted by molar-refractivity contribution is -0.384. The maximum atomic E-state index is 13.2. The van der Waals surface area contributed by atoms with E-state index >= 15 is 0 Å². The summed E-state index contributed by atoms with van der Waals surface area (Å²) < 4.78 is 41.1. The SMILES string of the molecule is O=C(c1ccccc1)c1ccc(N2CCC[C@@H](c3nnc4ccc(C(F)(F)F)cn34)C2)c([N+](=O)[O-])c1. The summed E-state index contributed by atoms with van der Waals surface area (Å²) in [5.41, 5.74) is 0.257. The summed E-state index contributed by atoms with van der Waals surface area (Å²) in [4.78, 5) is 26.0. The first kappa shape index (κ1) is 23.5. The van der Waals surface area contributed by atoms with E-state index in [4.69, 9.17) is 0 Å². The molecule has 2 aromatic heterocycles. The molecular formula is C25H20F3N5O3. The van der Waals surface area contributed by atoms with E-state index in [-0.39, 0.29) is 23.0 Å². The zero-order valence-corrected chi connectivity index (χ0v) is 18.9. The molecule has 1 aliphatic heterocycles. The molecule has 1 aliphatic rings. The van der Waals surface area contributed by atoms with Crippen molar-refractivity contribution in [1.82, 2.24) is 14.6 Å². The van der Waals surface area contributed by atoms with Gasteiger partial charge in [0.1, 0.15) is 11.5 Å². The number of alkyl halides is 3. The lowest BCUT2D eigenvalue weighted by Crippen LogP contribution is -2.35. The van der Waals surface area contributed by atoms with Gasteiger partial charge in [-0.3, -0.25) is 19.3 Å². The zero-order chi connectivity index (χ0) is 25.4. The van der Waals surface area contributed by atoms with E-state index < -0.39 is 16.7 Å². The summed E-state index contributed by atoms with van der Waals surface area (Å²) in [7, 11) is 0. The number of hydrogen-bond acceptors (Lipinski definition) is 6. The number of nitro groups is 1. The van der Waals surface area contributed by atoms with Crippen LogP contribution in [-0.2, 0) is 6.18 Å². The average Bonchev–Trinajstić information content (AvgIpc) is 3.31. The topological polar surface area (TPSA) is 93.6 Å². The zero-order valence-electron chi connectivity index (χ0n) is 18.9. The van der Waals surface area contributed by atoms with Gasteiger partial charge in [-0.05, 0) is 37.1 Å². The van der Waals surface area contributed by atoms with Crippen molar-refractivity contribution in [2.24, 2.45) is 0 Å². The summed E-state index contributed by atoms with van der Waals surface area (Å²) in [6, 6.07) is 15.1. The first-order chi connectivity index (χ1) is 17.2. The molecule has 184 valence electrons. The van der Waals surface area contributed by atoms with Gasteiger partial charge in [0.15, 0.2) is 11.4 Å². The second-order valence-electron chi connectivity index (χ2n) is 8.64. The number of carbonyl (C=O) groups excluding carboxylic acids is 1. The smallest absolute Gasteiger partial charge is 0.365 e. The second kappa shape index (κ2) is 9.06. The van der Waals surface area contributed by atoms with Gasteiger partial charge in [-0.15, -0.1) is 10.2 Å². The summed E-state index contributed by atoms with van der Waals surface area (Å²) in [6.45, 7) is 0.831. The molecule has 4 aromatic rings. The Morgan fingerprint density at radius 1 is 1.03 bits per heavy atom. The van der Waals surface area contributed by atoms with Crippen LogP contribution in [0, 0.1) is 10.1 Å². The van der Waals surface area contributed by atoms with Crippen molar-refractivity contribution < 1.29 is 22.9 Å². The number of pyridine rings is 1. The van der Waals surface area contributed by atoms with Gasteiger partial charge in [-0.1, -0.05) is 30.3 Å². The van der Waals surface area contributed by atoms with Gasteiger partial charge < -0.3 is 4.90 Å². The number of anilines is 1. The number of hydrogen-bond donors (Lipinski definition) is 0. The average molecular weight is 495 g/mol. The number of fused-ring (bicyclic) bond motifs is 1. The lowest BCUT2D eigenvalue weighted by atomic mass is 9.95. The van der Waals surface area contributed by atoms with Crippen LogP contribution < -0.4 is 4.90 Å². The Balaban J connectivity index is 1.46. The Morgan fingerprint density at radius 3 is 2.53 bits per heavy atom. The van der Waals surface area contributed by atoms with E-state index in [1.807, 2.05) is 4.90 Å². The van der Waals surface area contributed by atoms with Crippen molar-refractivity contribution >= 4 is 22.8 Å². The number of carbonyl (C=O) groups is 1. The van der Waals surface area contributed by atoms with E-state index in [1.54, 1.807) is 42.5 Å². The van der Waals surface area contributed by atoms with Crippen LogP contribution in [-0.4, -0.2) is 38.4 Å². The largest absolute Gasteiger partial charge is 0.417 e. The normalized spacial score (nSPS) is 16.3. The molecule has 36 heavy (non-hydrogen) atoms. The number of halogens is 3. The predicted molar refractivity (Wildman–Crippen MR) is 125 cm³/mol. The minimum absolute atomic E-state index is 0.202. The van der Waals surface area contributed by atoms with Gasteiger partial charge in [0.05, 0.1) is 10.5 Å². The van der Waals surface area contributed by atoms with Crippen LogP contribution >= 0.6 is 0 Å². The first-order valence-corrected chi connectivity index (χ1v) is 11.3. The molecule has 0 bridgehead atoms. The molecule has 8 nitrogen and oxygen atoms in total. The number of nitro benzene ring substituents is 1. The van der Waals surface area contributed by atoms with E-state index in [2.05, 4.69) is 10.2 Å². The lowest BCUT2D eigenvalue weighted by Gasteiger charge is -2.33. The maximum Gasteiger partial charge on any atom is 0.417 e. The number of aromatic nitrogens is 3. The molecule has 1 saturated heterocycles. The van der Waals surface area contributed by atoms with Crippen LogP contribution in [0.2, 0.25) is 0 Å². The van der Waals surface area contributed by atoms with E-state index in [0.29, 0.717) is 48.7 Å². The third kappa shape index (κ3) is 4.39. The van der Waals surface area contributed by atoms with Gasteiger partial charge in [-0.2, -0.15) is 13.2 Å². The van der Waals surface area contributed by atoms with Crippen LogP contribution in [0.25, 0.3) is 5.65 Å². The molecule has 0 radical (unpaired) electrons. The predicted octanol–water partition coefficient (Wildman–Crippen LogP) is 5.27. The highest BCUT2D eigenvalue weighted by Gasteiger charge is 2.33. The van der Waals surface area contributed by atoms with Crippen molar-refractivity contribution in [2.75, 3.05) is 18.0 Å². The van der Waals surface area contributed by atoms with Crippen LogP contribution in [0.5, 0.6) is 0 Å². The van der Waals surface area contributed by atoms with Crippen molar-refractivity contribution in [1.29, 1.82) is 0 Å². The quantitative estimate of drug-likeness (QED) is 0.213. The van der Waals surface area contributed by atoms with Gasteiger partial charge in [0.2, 0.25) is 0 Å². The monoisotopic (exact) mass is 495 g/mol. The Hall–Kier alpha value is -4.28. The molecule has 3 heterocycles. The van der Waals surface area contributed by atoms with E-state index in [0.717, 1.165) is 12.3 Å². The Morgan fingerprint density at radius 2 is 1.81 bits per heavy atom. The number of rotatable bonds is 5. The Bertz CT molecular complexity index is 1450. The highest BCUT2D eigenvalue weighted by molar-refractivity contribution is 6.09. The summed E-state index contributed by atoms with van der Waals surface area (Å²) in [6.07, 6.45) is -2.23. The van der Waals surface area contributed by atoms with Crippen LogP contribution in [0.3, 0.4) is 0 Å². The third-order valence-electron chi connectivity index (χ3n) is 6.35. The minimum Gasteiger partial charge on any atom is -0.365 e. The minimum atomic E-state index is -4.51. The molecule has 1 atom stereocenters. The van der Waals surface area contributed by atoms with Gasteiger partial charge in [0, 0.05) is 42.4 Å². The fraction of sp³-hybridized carbons (Fsp3) is 0.240. The fourth-order valence-corrected chi connectivity index (χ4v) is 4.60. The molecular weight excluding hydrogens is 475 g/mol. The highest BCUT2D eigenvalue weighted by Crippen LogP contribution is 2.36. The number of nitrogens with zero attached hydrogens (tertiary/aromatic N) is 5. The summed E-state index contributed by atoms with van der Waals surface area (Å²) in [5.74, 6) is -0.237. The van der Waals surface area contributed by atoms with Crippen LogP contribution in [0.1, 0.15) is 46.1 Å². The van der Waals surface area contributed by atoms with Crippen molar-refractivity contribution in [3.05, 3.63) is 99.5 Å². The molecule has 2 aromatic carbocycles. The molecule has 0 aliphatic carbocycles. The standard InChI is InChI=1S/C25H20F3N5O3/c26-25(27,28)19-9-11-22-29-30-24(32(22)15-19)18-7-4-12-31(14-18)20-10-8-17(13-21(20)33(35)36)23(34)16-5-2-1-3-6-16/h1-3,5-6,8-11,13,15,18H,4,7,12,14H2/t18-/m1/s1. The number of benzene rings is 2. The molecule has 0 amide bonds. The van der Waals surface area contributed by atoms with Crippen LogP contribution in [0.15, 0.2) is 66.9 Å². The van der Waals surface area contributed by atoms with Crippen molar-refractivity contribution in [3.8, 4) is 0 Å². The molecule has 1 fully saturated rings.